The van der Waals surface area contributed by atoms with Crippen molar-refractivity contribution in [3.05, 3.63) is 11.6 Å². The summed E-state index contributed by atoms with van der Waals surface area (Å²) in [7, 11) is 0. The van der Waals surface area contributed by atoms with Crippen LogP contribution in [-0.2, 0) is 4.79 Å². The SMILES string of the molecule is C[C@]12CC[C@H]3[C@@H](CCC4=CC(=O)CC[C@@]43C)[C@@H]1C[C@@H](O)[C@@H]2O. The van der Waals surface area contributed by atoms with Crippen molar-refractivity contribution < 1.29 is 15.0 Å². The minimum Gasteiger partial charge on any atom is -0.390 e. The van der Waals surface area contributed by atoms with E-state index in [0.29, 0.717) is 30.0 Å². The maximum absolute atomic E-state index is 11.8. The van der Waals surface area contributed by atoms with Gasteiger partial charge in [0.25, 0.3) is 0 Å². The van der Waals surface area contributed by atoms with Crippen LogP contribution >= 0.6 is 0 Å². The molecule has 0 saturated heterocycles. The molecule has 3 saturated carbocycles. The molecule has 2 N–H and O–H groups in total. The van der Waals surface area contributed by atoms with Gasteiger partial charge in [-0.3, -0.25) is 4.79 Å². The monoisotopic (exact) mass is 304 g/mol. The van der Waals surface area contributed by atoms with Gasteiger partial charge in [-0.2, -0.15) is 0 Å². The summed E-state index contributed by atoms with van der Waals surface area (Å²) in [6, 6.07) is 0. The molecule has 4 rings (SSSR count). The lowest BCUT2D eigenvalue weighted by Gasteiger charge is -2.57. The molecule has 0 aromatic rings. The van der Waals surface area contributed by atoms with Crippen LogP contribution in [0.2, 0.25) is 0 Å². The molecule has 3 heteroatoms. The Balaban J connectivity index is 1.69. The van der Waals surface area contributed by atoms with E-state index in [0.717, 1.165) is 38.5 Å². The predicted molar refractivity (Wildman–Crippen MR) is 84.1 cm³/mol. The van der Waals surface area contributed by atoms with Gasteiger partial charge in [0, 0.05) is 6.42 Å². The summed E-state index contributed by atoms with van der Waals surface area (Å²) in [6.07, 6.45) is 7.56. The van der Waals surface area contributed by atoms with Crippen LogP contribution in [0.5, 0.6) is 0 Å². The highest BCUT2D eigenvalue weighted by Gasteiger charge is 2.60. The molecule has 22 heavy (non-hydrogen) atoms. The maximum Gasteiger partial charge on any atom is 0.155 e. The van der Waals surface area contributed by atoms with E-state index in [1.165, 1.54) is 5.57 Å². The Morgan fingerprint density at radius 2 is 1.86 bits per heavy atom. The Bertz CT molecular complexity index is 539. The topological polar surface area (TPSA) is 57.5 Å². The molecule has 7 atom stereocenters. The standard InChI is InChI=1S/C19H28O3/c1-18-7-5-12(20)9-11(18)3-4-13-14(18)6-8-19(2)15(13)10-16(21)17(19)22/h9,13-17,21-22H,3-8,10H2,1-2H3/t13-,14+,15+,16-,17+,18+,19+/m1/s1. The first kappa shape index (κ1) is 14.9. The predicted octanol–water partition coefficient (Wildman–Crippen LogP) is 2.85. The van der Waals surface area contributed by atoms with Crippen molar-refractivity contribution in [3.8, 4) is 0 Å². The van der Waals surface area contributed by atoms with Gasteiger partial charge in [0.2, 0.25) is 0 Å². The van der Waals surface area contributed by atoms with E-state index in [1.807, 2.05) is 6.08 Å². The van der Waals surface area contributed by atoms with Crippen molar-refractivity contribution in [1.29, 1.82) is 0 Å². The number of rotatable bonds is 0. The largest absolute Gasteiger partial charge is 0.390 e. The summed E-state index contributed by atoms with van der Waals surface area (Å²) in [5.74, 6) is 1.96. The van der Waals surface area contributed by atoms with Crippen molar-refractivity contribution in [3.63, 3.8) is 0 Å². The average molecular weight is 304 g/mol. The summed E-state index contributed by atoms with van der Waals surface area (Å²) < 4.78 is 0. The van der Waals surface area contributed by atoms with Crippen LogP contribution in [0.4, 0.5) is 0 Å². The fourth-order valence-electron chi connectivity index (χ4n) is 6.55. The maximum atomic E-state index is 11.8. The molecule has 3 fully saturated rings. The first-order valence-corrected chi connectivity index (χ1v) is 8.96. The van der Waals surface area contributed by atoms with E-state index in [-0.39, 0.29) is 10.8 Å². The van der Waals surface area contributed by atoms with Gasteiger partial charge in [0.05, 0.1) is 12.2 Å². The lowest BCUT2D eigenvalue weighted by molar-refractivity contribution is -0.118. The third kappa shape index (κ3) is 1.78. The minimum absolute atomic E-state index is 0.108. The van der Waals surface area contributed by atoms with E-state index in [1.54, 1.807) is 0 Å². The molecule has 0 spiro atoms. The molecular weight excluding hydrogens is 276 g/mol. The number of hydrogen-bond acceptors (Lipinski definition) is 3. The van der Waals surface area contributed by atoms with Crippen LogP contribution < -0.4 is 0 Å². The smallest absolute Gasteiger partial charge is 0.155 e. The second kappa shape index (κ2) is 4.67. The number of ketones is 1. The number of aliphatic hydroxyl groups is 2. The summed E-state index contributed by atoms with van der Waals surface area (Å²) in [5, 5.41) is 20.7. The first-order valence-electron chi connectivity index (χ1n) is 8.96. The molecule has 0 bridgehead atoms. The van der Waals surface area contributed by atoms with Crippen LogP contribution in [-0.4, -0.2) is 28.2 Å². The second-order valence-electron chi connectivity index (χ2n) is 8.76. The van der Waals surface area contributed by atoms with E-state index in [4.69, 9.17) is 0 Å². The molecular formula is C19H28O3. The Kier molecular flexibility index (Phi) is 3.16. The third-order valence-corrected chi connectivity index (χ3v) is 7.94. The average Bonchev–Trinajstić information content (AvgIpc) is 2.72. The molecule has 0 amide bonds. The molecule has 0 aliphatic heterocycles. The number of carbonyl (C=O) groups is 1. The van der Waals surface area contributed by atoms with Gasteiger partial charge < -0.3 is 10.2 Å². The highest BCUT2D eigenvalue weighted by molar-refractivity contribution is 5.91. The van der Waals surface area contributed by atoms with Crippen molar-refractivity contribution >= 4 is 5.78 Å². The molecule has 122 valence electrons. The number of allylic oxidation sites excluding steroid dienone is 1. The molecule has 0 aromatic heterocycles. The van der Waals surface area contributed by atoms with Crippen LogP contribution in [0.15, 0.2) is 11.6 Å². The molecule has 4 aliphatic rings. The van der Waals surface area contributed by atoms with Gasteiger partial charge in [-0.05, 0) is 73.2 Å². The third-order valence-electron chi connectivity index (χ3n) is 7.94. The van der Waals surface area contributed by atoms with Crippen molar-refractivity contribution in [2.24, 2.45) is 28.6 Å². The second-order valence-corrected chi connectivity index (χ2v) is 8.76. The number of carbonyl (C=O) groups excluding carboxylic acids is 1. The summed E-state index contributed by atoms with van der Waals surface area (Å²) in [5.41, 5.74) is 1.45. The lowest BCUT2D eigenvalue weighted by Crippen LogP contribution is -2.51. The van der Waals surface area contributed by atoms with Gasteiger partial charge in [0.15, 0.2) is 5.78 Å². The molecule has 4 aliphatic carbocycles. The quantitative estimate of drug-likeness (QED) is 0.723. The van der Waals surface area contributed by atoms with Gasteiger partial charge in [-0.25, -0.2) is 0 Å². The van der Waals surface area contributed by atoms with E-state index >= 15 is 0 Å². The van der Waals surface area contributed by atoms with E-state index in [9.17, 15) is 15.0 Å². The van der Waals surface area contributed by atoms with Gasteiger partial charge in [-0.1, -0.05) is 19.4 Å². The Labute approximate surface area is 132 Å². The Morgan fingerprint density at radius 3 is 2.64 bits per heavy atom. The van der Waals surface area contributed by atoms with Crippen molar-refractivity contribution in [1.82, 2.24) is 0 Å². The number of hydrogen-bond donors (Lipinski definition) is 2. The fraction of sp³-hybridized carbons (Fsp3) is 0.842. The highest BCUT2D eigenvalue weighted by atomic mass is 16.3. The number of aliphatic hydroxyl groups excluding tert-OH is 2. The molecule has 0 unspecified atom stereocenters. The summed E-state index contributed by atoms with van der Waals surface area (Å²) in [4.78, 5) is 11.8. The first-order chi connectivity index (χ1) is 10.4. The fourth-order valence-corrected chi connectivity index (χ4v) is 6.55. The summed E-state index contributed by atoms with van der Waals surface area (Å²) >= 11 is 0. The van der Waals surface area contributed by atoms with Gasteiger partial charge in [0.1, 0.15) is 0 Å². The molecule has 3 nitrogen and oxygen atoms in total. The van der Waals surface area contributed by atoms with Crippen LogP contribution in [0.1, 0.15) is 58.8 Å². The van der Waals surface area contributed by atoms with E-state index < -0.39 is 12.2 Å². The molecule has 0 heterocycles. The zero-order valence-corrected chi connectivity index (χ0v) is 13.7. The van der Waals surface area contributed by atoms with Crippen LogP contribution in [0.3, 0.4) is 0 Å². The summed E-state index contributed by atoms with van der Waals surface area (Å²) in [6.45, 7) is 4.55. The van der Waals surface area contributed by atoms with E-state index in [2.05, 4.69) is 13.8 Å². The lowest BCUT2D eigenvalue weighted by atomic mass is 9.47. The minimum atomic E-state index is -0.559. The van der Waals surface area contributed by atoms with Crippen molar-refractivity contribution in [2.45, 2.75) is 71.0 Å². The van der Waals surface area contributed by atoms with Gasteiger partial charge >= 0.3 is 0 Å². The molecule has 0 radical (unpaired) electrons. The van der Waals surface area contributed by atoms with Crippen molar-refractivity contribution in [2.75, 3.05) is 0 Å². The molecule has 0 aromatic carbocycles. The normalized spacial score (nSPS) is 54.3. The highest BCUT2D eigenvalue weighted by Crippen LogP contribution is 2.65. The van der Waals surface area contributed by atoms with Crippen LogP contribution in [0.25, 0.3) is 0 Å². The zero-order valence-electron chi connectivity index (χ0n) is 13.7. The number of fused-ring (bicyclic) bond motifs is 5. The van der Waals surface area contributed by atoms with Gasteiger partial charge in [-0.15, -0.1) is 0 Å². The van der Waals surface area contributed by atoms with Crippen LogP contribution in [0, 0.1) is 28.6 Å². The Morgan fingerprint density at radius 1 is 1.09 bits per heavy atom. The Hall–Kier alpha value is -0.670. The zero-order chi connectivity index (χ0) is 15.7.